The minimum atomic E-state index is 0.526. The summed E-state index contributed by atoms with van der Waals surface area (Å²) < 4.78 is 4.37. The van der Waals surface area contributed by atoms with Crippen LogP contribution in [-0.2, 0) is 0 Å². The first-order valence-corrected chi connectivity index (χ1v) is 21.9. The van der Waals surface area contributed by atoms with Crippen LogP contribution in [0.1, 0.15) is 25.7 Å². The highest BCUT2D eigenvalue weighted by atomic mass is 15.3. The number of hydrogen-bond acceptors (Lipinski definition) is 5. The Morgan fingerprint density at radius 3 is 1.38 bits per heavy atom. The number of nitrogens with zero attached hydrogens (tertiary/aromatic N) is 7. The Labute approximate surface area is 371 Å². The van der Waals surface area contributed by atoms with Gasteiger partial charge in [-0.1, -0.05) is 109 Å². The summed E-state index contributed by atoms with van der Waals surface area (Å²) in [4.78, 5) is 20.6. The standard InChI is InChI=1S/C57H41N7/c1-6-20-40(21-7-1)55-58-56(63-51-32-18-16-30-47(51)49-38-45(34-36-53(49)63)61(41-22-8-2-9-23-41)42-24-10-3-11-25-42)60-57(59-55)64-52-33-19-17-31-48(52)50-39-46(35-37-54(50)64)62(43-26-12-4-13-27-43)44-28-14-5-15-29-44/h2,4,6,8-10,12-14,16-39H,3,5,11,15H2. The lowest BCUT2D eigenvalue weighted by Crippen LogP contribution is -2.16. The number of para-hydroxylation sites is 4. The molecule has 0 atom stereocenters. The molecule has 2 aliphatic rings. The van der Waals surface area contributed by atoms with Crippen LogP contribution >= 0.6 is 0 Å². The second-order valence-corrected chi connectivity index (χ2v) is 16.1. The quantitative estimate of drug-likeness (QED) is 0.145. The molecule has 0 radical (unpaired) electrons. The van der Waals surface area contributed by atoms with Gasteiger partial charge in [0.15, 0.2) is 5.82 Å². The largest absolute Gasteiger partial charge is 0.311 e. The fourth-order valence-electron chi connectivity index (χ4n) is 9.38. The van der Waals surface area contributed by atoms with Crippen molar-refractivity contribution in [3.63, 3.8) is 0 Å². The first kappa shape index (κ1) is 37.3. The van der Waals surface area contributed by atoms with E-state index in [1.54, 1.807) is 0 Å². The SMILES string of the molecule is c1ccc(-c2nc(-n3c4ccccc4c4cc(N(C5=CCCC=C5)c5ccccc5)ccc43)nc(-n3c4ccccc4c4cc(N(C5=CCCC=C5)c5ccccc5)ccc43)n2)cc#1. The molecule has 3 heterocycles. The number of benzene rings is 6. The second kappa shape index (κ2) is 15.8. The Balaban J connectivity index is 1.07. The molecule has 0 aliphatic heterocycles. The molecule has 12 rings (SSSR count). The molecule has 0 saturated heterocycles. The molecule has 10 aromatic rings. The van der Waals surface area contributed by atoms with E-state index < -0.39 is 0 Å². The monoisotopic (exact) mass is 823 g/mol. The molecule has 304 valence electrons. The van der Waals surface area contributed by atoms with E-state index in [4.69, 9.17) is 15.0 Å². The van der Waals surface area contributed by atoms with Gasteiger partial charge in [-0.2, -0.15) is 15.0 Å². The predicted octanol–water partition coefficient (Wildman–Crippen LogP) is 14.1. The lowest BCUT2D eigenvalue weighted by Gasteiger charge is -2.27. The van der Waals surface area contributed by atoms with E-state index in [1.807, 2.05) is 18.2 Å². The second-order valence-electron chi connectivity index (χ2n) is 16.1. The summed E-state index contributed by atoms with van der Waals surface area (Å²) in [5, 5.41) is 4.44. The fraction of sp³-hybridized carbons (Fsp3) is 0.0702. The molecule has 0 N–H and O–H groups in total. The van der Waals surface area contributed by atoms with Gasteiger partial charge in [0.2, 0.25) is 11.9 Å². The first-order valence-electron chi connectivity index (χ1n) is 21.9. The van der Waals surface area contributed by atoms with Crippen molar-refractivity contribution in [1.82, 2.24) is 24.1 Å². The Morgan fingerprint density at radius 2 is 0.906 bits per heavy atom. The van der Waals surface area contributed by atoms with Crippen LogP contribution < -0.4 is 9.80 Å². The van der Waals surface area contributed by atoms with Gasteiger partial charge >= 0.3 is 0 Å². The molecule has 2 aliphatic carbocycles. The van der Waals surface area contributed by atoms with E-state index in [2.05, 4.69) is 213 Å². The van der Waals surface area contributed by atoms with E-state index in [-0.39, 0.29) is 0 Å². The Morgan fingerprint density at radius 1 is 0.422 bits per heavy atom. The Kier molecular flexibility index (Phi) is 9.19. The summed E-state index contributed by atoms with van der Waals surface area (Å²) in [6.07, 6.45) is 17.8. The van der Waals surface area contributed by atoms with Crippen molar-refractivity contribution >= 4 is 66.4 Å². The zero-order valence-electron chi connectivity index (χ0n) is 35.0. The summed E-state index contributed by atoms with van der Waals surface area (Å²) in [7, 11) is 0. The van der Waals surface area contributed by atoms with Gasteiger partial charge in [0.05, 0.1) is 22.1 Å². The minimum absolute atomic E-state index is 0.526. The third-order valence-corrected chi connectivity index (χ3v) is 12.3. The summed E-state index contributed by atoms with van der Waals surface area (Å²) in [5.74, 6) is 1.60. The zero-order valence-corrected chi connectivity index (χ0v) is 35.0. The molecular formula is C57H41N7. The summed E-state index contributed by atoms with van der Waals surface area (Å²) >= 11 is 0. The number of rotatable bonds is 9. The number of anilines is 4. The molecular weight excluding hydrogens is 783 g/mol. The van der Waals surface area contributed by atoms with Crippen LogP contribution in [0.25, 0.3) is 66.9 Å². The molecule has 0 amide bonds. The summed E-state index contributed by atoms with van der Waals surface area (Å²) in [5.41, 5.74) is 11.6. The highest BCUT2D eigenvalue weighted by molar-refractivity contribution is 6.11. The molecule has 0 unspecified atom stereocenters. The van der Waals surface area contributed by atoms with Crippen LogP contribution in [0.3, 0.4) is 0 Å². The van der Waals surface area contributed by atoms with Gasteiger partial charge in [-0.05, 0) is 129 Å². The first-order chi connectivity index (χ1) is 31.8. The Bertz CT molecular complexity index is 3290. The smallest absolute Gasteiger partial charge is 0.240 e. The van der Waals surface area contributed by atoms with Crippen molar-refractivity contribution in [2.75, 3.05) is 9.80 Å². The number of hydrogen-bond donors (Lipinski definition) is 0. The molecule has 0 saturated carbocycles. The fourth-order valence-corrected chi connectivity index (χ4v) is 9.38. The number of allylic oxidation sites excluding steroid dienone is 6. The normalized spacial score (nSPS) is 13.6. The van der Waals surface area contributed by atoms with Gasteiger partial charge in [-0.15, -0.1) is 0 Å². The average Bonchev–Trinajstić information content (AvgIpc) is 3.88. The topological polar surface area (TPSA) is 55.0 Å². The van der Waals surface area contributed by atoms with Gasteiger partial charge in [-0.3, -0.25) is 9.13 Å². The van der Waals surface area contributed by atoms with E-state index in [0.717, 1.165) is 109 Å². The van der Waals surface area contributed by atoms with Crippen molar-refractivity contribution in [2.24, 2.45) is 0 Å². The molecule has 7 nitrogen and oxygen atoms in total. The van der Waals surface area contributed by atoms with E-state index in [0.29, 0.717) is 17.7 Å². The van der Waals surface area contributed by atoms with Crippen LogP contribution in [0.15, 0.2) is 212 Å². The molecule has 7 aromatic carbocycles. The van der Waals surface area contributed by atoms with Crippen LogP contribution in [-0.4, -0.2) is 24.1 Å². The van der Waals surface area contributed by atoms with Gasteiger partial charge < -0.3 is 9.80 Å². The number of aromatic nitrogens is 5. The van der Waals surface area contributed by atoms with Crippen molar-refractivity contribution in [2.45, 2.75) is 25.7 Å². The molecule has 0 fully saturated rings. The van der Waals surface area contributed by atoms with Crippen LogP contribution in [0.4, 0.5) is 22.7 Å². The molecule has 64 heavy (non-hydrogen) atoms. The maximum Gasteiger partial charge on any atom is 0.240 e. The summed E-state index contributed by atoms with van der Waals surface area (Å²) in [6.45, 7) is 0. The molecule has 0 bridgehead atoms. The van der Waals surface area contributed by atoms with Gasteiger partial charge in [0.25, 0.3) is 0 Å². The van der Waals surface area contributed by atoms with Gasteiger partial charge in [-0.25, -0.2) is 0 Å². The van der Waals surface area contributed by atoms with Crippen molar-refractivity contribution < 1.29 is 0 Å². The van der Waals surface area contributed by atoms with Crippen LogP contribution in [0.5, 0.6) is 0 Å². The molecule has 7 heteroatoms. The average molecular weight is 824 g/mol. The highest BCUT2D eigenvalue weighted by Crippen LogP contribution is 2.41. The van der Waals surface area contributed by atoms with Gasteiger partial charge in [0.1, 0.15) is 0 Å². The van der Waals surface area contributed by atoms with E-state index >= 15 is 0 Å². The minimum Gasteiger partial charge on any atom is -0.311 e. The van der Waals surface area contributed by atoms with E-state index in [1.165, 1.54) is 0 Å². The Hall–Kier alpha value is -8.47. The van der Waals surface area contributed by atoms with Crippen molar-refractivity contribution in [3.05, 3.63) is 224 Å². The maximum atomic E-state index is 5.43. The van der Waals surface area contributed by atoms with Crippen molar-refractivity contribution in [1.29, 1.82) is 0 Å². The lowest BCUT2D eigenvalue weighted by molar-refractivity contribution is 0.893. The maximum absolute atomic E-state index is 5.43. The molecule has 0 spiro atoms. The van der Waals surface area contributed by atoms with Gasteiger partial charge in [0, 0.05) is 61.3 Å². The molecule has 3 aromatic heterocycles. The predicted molar refractivity (Wildman–Crippen MR) is 262 cm³/mol. The van der Waals surface area contributed by atoms with Crippen LogP contribution in [0, 0.1) is 12.1 Å². The summed E-state index contributed by atoms with van der Waals surface area (Å²) in [6, 6.07) is 63.6. The van der Waals surface area contributed by atoms with Crippen molar-refractivity contribution in [3.8, 4) is 23.3 Å². The van der Waals surface area contributed by atoms with Crippen LogP contribution in [0.2, 0.25) is 0 Å². The highest BCUT2D eigenvalue weighted by Gasteiger charge is 2.23. The lowest BCUT2D eigenvalue weighted by atomic mass is 10.1. The number of fused-ring (bicyclic) bond motifs is 6. The zero-order chi connectivity index (χ0) is 42.4. The van der Waals surface area contributed by atoms with E-state index in [9.17, 15) is 0 Å². The third-order valence-electron chi connectivity index (χ3n) is 12.3. The third kappa shape index (κ3) is 6.43.